The number of aliphatic carboxylic acids is 1. The lowest BCUT2D eigenvalue weighted by molar-refractivity contribution is -0.147. The van der Waals surface area contributed by atoms with E-state index in [1.165, 1.54) is 5.56 Å². The van der Waals surface area contributed by atoms with Crippen molar-refractivity contribution in [2.24, 2.45) is 11.8 Å². The molecule has 2 aliphatic heterocycles. The quantitative estimate of drug-likeness (QED) is 0.876. The van der Waals surface area contributed by atoms with Crippen LogP contribution in [-0.2, 0) is 20.7 Å². The molecule has 2 saturated heterocycles. The van der Waals surface area contributed by atoms with E-state index in [1.807, 2.05) is 24.3 Å². The second-order valence-corrected chi connectivity index (χ2v) is 6.12. The Morgan fingerprint density at radius 2 is 1.82 bits per heavy atom. The number of carbonyl (C=O) groups is 2. The second-order valence-electron chi connectivity index (χ2n) is 6.12. The van der Waals surface area contributed by atoms with E-state index in [2.05, 4.69) is 12.2 Å². The number of nitrogens with one attached hydrogen (secondary N) is 1. The second kappa shape index (κ2) is 6.08. The summed E-state index contributed by atoms with van der Waals surface area (Å²) in [5.74, 6) is -2.50. The van der Waals surface area contributed by atoms with Crippen LogP contribution in [0.2, 0.25) is 0 Å². The summed E-state index contributed by atoms with van der Waals surface area (Å²) in [7, 11) is 0. The number of fused-ring (bicyclic) bond motifs is 2. The first-order valence-electron chi connectivity index (χ1n) is 7.88. The van der Waals surface area contributed by atoms with E-state index in [9.17, 15) is 14.7 Å². The molecule has 5 heteroatoms. The highest BCUT2D eigenvalue weighted by Crippen LogP contribution is 2.44. The van der Waals surface area contributed by atoms with Crippen LogP contribution in [-0.4, -0.2) is 29.2 Å². The van der Waals surface area contributed by atoms with Gasteiger partial charge in [-0.15, -0.1) is 0 Å². The van der Waals surface area contributed by atoms with Crippen molar-refractivity contribution in [2.45, 2.75) is 44.8 Å². The Labute approximate surface area is 129 Å². The van der Waals surface area contributed by atoms with Gasteiger partial charge in [0.2, 0.25) is 5.91 Å². The number of rotatable bonds is 5. The van der Waals surface area contributed by atoms with Crippen LogP contribution in [0.25, 0.3) is 0 Å². The van der Waals surface area contributed by atoms with Crippen molar-refractivity contribution in [3.63, 3.8) is 0 Å². The fraction of sp³-hybridized carbons (Fsp3) is 0.529. The molecule has 0 radical (unpaired) electrons. The number of hydrogen-bond donors (Lipinski definition) is 2. The molecule has 2 N–H and O–H groups in total. The molecule has 1 aromatic rings. The molecule has 0 aliphatic carbocycles. The summed E-state index contributed by atoms with van der Waals surface area (Å²) in [6, 6.07) is 7.72. The van der Waals surface area contributed by atoms with Crippen molar-refractivity contribution >= 4 is 17.6 Å². The third-order valence-corrected chi connectivity index (χ3v) is 4.62. The smallest absolute Gasteiger partial charge is 0.310 e. The number of carboxylic acid groups (broad SMARTS) is 1. The minimum atomic E-state index is -0.939. The van der Waals surface area contributed by atoms with Gasteiger partial charge in [-0.2, -0.15) is 0 Å². The molecule has 5 nitrogen and oxygen atoms in total. The highest BCUT2D eigenvalue weighted by atomic mass is 16.5. The Bertz CT molecular complexity index is 569. The highest BCUT2D eigenvalue weighted by Gasteiger charge is 2.55. The molecular weight excluding hydrogens is 282 g/mol. The Morgan fingerprint density at radius 3 is 2.41 bits per heavy atom. The summed E-state index contributed by atoms with van der Waals surface area (Å²) in [5, 5.41) is 12.2. The van der Waals surface area contributed by atoms with Gasteiger partial charge in [0.05, 0.1) is 24.0 Å². The van der Waals surface area contributed by atoms with E-state index in [-0.39, 0.29) is 18.1 Å². The first-order chi connectivity index (χ1) is 10.6. The molecule has 4 atom stereocenters. The van der Waals surface area contributed by atoms with Crippen LogP contribution in [0.4, 0.5) is 5.69 Å². The molecule has 2 heterocycles. The van der Waals surface area contributed by atoms with E-state index < -0.39 is 17.8 Å². The van der Waals surface area contributed by atoms with Crippen molar-refractivity contribution in [1.82, 2.24) is 0 Å². The van der Waals surface area contributed by atoms with Gasteiger partial charge in [0, 0.05) is 5.69 Å². The van der Waals surface area contributed by atoms with Crippen LogP contribution in [0.5, 0.6) is 0 Å². The lowest BCUT2D eigenvalue weighted by Gasteiger charge is -2.23. The fourth-order valence-electron chi connectivity index (χ4n) is 3.59. The normalized spacial score (nSPS) is 29.5. The van der Waals surface area contributed by atoms with Crippen molar-refractivity contribution in [2.75, 3.05) is 5.32 Å². The van der Waals surface area contributed by atoms with Crippen LogP contribution in [0.3, 0.4) is 0 Å². The Hall–Kier alpha value is -1.88. The Balaban J connectivity index is 1.69. The van der Waals surface area contributed by atoms with E-state index >= 15 is 0 Å². The van der Waals surface area contributed by atoms with E-state index in [0.29, 0.717) is 5.69 Å². The van der Waals surface area contributed by atoms with Gasteiger partial charge in [-0.1, -0.05) is 25.5 Å². The van der Waals surface area contributed by atoms with Gasteiger partial charge in [0.1, 0.15) is 0 Å². The fourth-order valence-corrected chi connectivity index (χ4v) is 3.59. The molecule has 22 heavy (non-hydrogen) atoms. The average Bonchev–Trinajstić information content (AvgIpc) is 3.10. The van der Waals surface area contributed by atoms with Crippen LogP contribution >= 0.6 is 0 Å². The van der Waals surface area contributed by atoms with Crippen molar-refractivity contribution < 1.29 is 19.4 Å². The van der Waals surface area contributed by atoms with Gasteiger partial charge >= 0.3 is 5.97 Å². The number of amides is 1. The van der Waals surface area contributed by atoms with E-state index in [1.54, 1.807) is 0 Å². The zero-order valence-electron chi connectivity index (χ0n) is 12.6. The SMILES string of the molecule is CCCc1ccc(NC(=O)[C@H]2[C@@H](C(=O)O)[C@H]3CC[C@@H]2O3)cc1. The van der Waals surface area contributed by atoms with Crippen molar-refractivity contribution in [3.8, 4) is 0 Å². The van der Waals surface area contributed by atoms with Gasteiger partial charge in [-0.3, -0.25) is 9.59 Å². The summed E-state index contributed by atoms with van der Waals surface area (Å²) in [6.45, 7) is 2.12. The van der Waals surface area contributed by atoms with Gasteiger partial charge in [0.25, 0.3) is 0 Å². The molecular formula is C17H21NO4. The third-order valence-electron chi connectivity index (χ3n) is 4.62. The molecule has 0 saturated carbocycles. The predicted molar refractivity (Wildman–Crippen MR) is 81.6 cm³/mol. The predicted octanol–water partition coefficient (Wildman–Crippen LogP) is 2.46. The van der Waals surface area contributed by atoms with Crippen LogP contribution in [0.15, 0.2) is 24.3 Å². The molecule has 2 aliphatic rings. The summed E-state index contributed by atoms with van der Waals surface area (Å²) >= 11 is 0. The Morgan fingerprint density at radius 1 is 1.18 bits per heavy atom. The first kappa shape index (κ1) is 15.0. The molecule has 3 rings (SSSR count). The largest absolute Gasteiger partial charge is 0.481 e. The average molecular weight is 303 g/mol. The number of benzene rings is 1. The van der Waals surface area contributed by atoms with Crippen LogP contribution < -0.4 is 5.32 Å². The van der Waals surface area contributed by atoms with Gasteiger partial charge in [-0.25, -0.2) is 0 Å². The van der Waals surface area contributed by atoms with Crippen LogP contribution in [0.1, 0.15) is 31.7 Å². The maximum absolute atomic E-state index is 12.5. The van der Waals surface area contributed by atoms with Crippen molar-refractivity contribution in [3.05, 3.63) is 29.8 Å². The van der Waals surface area contributed by atoms with E-state index in [4.69, 9.17) is 4.74 Å². The molecule has 2 bridgehead atoms. The van der Waals surface area contributed by atoms with Gasteiger partial charge in [-0.05, 0) is 37.0 Å². The molecule has 0 unspecified atom stereocenters. The zero-order chi connectivity index (χ0) is 15.7. The molecule has 118 valence electrons. The maximum atomic E-state index is 12.5. The number of aryl methyl sites for hydroxylation is 1. The van der Waals surface area contributed by atoms with Crippen molar-refractivity contribution in [1.29, 1.82) is 0 Å². The summed E-state index contributed by atoms with van der Waals surface area (Å²) in [6.07, 6.45) is 3.01. The number of hydrogen-bond acceptors (Lipinski definition) is 3. The molecule has 0 aromatic heterocycles. The first-order valence-corrected chi connectivity index (χ1v) is 7.88. The standard InChI is InChI=1S/C17H21NO4/c1-2-3-10-4-6-11(7-5-10)18-16(19)14-12-8-9-13(22-12)15(14)17(20)21/h4-7,12-15H,2-3,8-9H2,1H3,(H,18,19)(H,20,21)/t12-,13+,14+,15-/m0/s1. The van der Waals surface area contributed by atoms with Gasteiger partial charge < -0.3 is 15.2 Å². The zero-order valence-corrected chi connectivity index (χ0v) is 12.6. The number of ether oxygens (including phenoxy) is 1. The monoisotopic (exact) mass is 303 g/mol. The topological polar surface area (TPSA) is 75.6 Å². The minimum Gasteiger partial charge on any atom is -0.481 e. The number of anilines is 1. The number of carboxylic acids is 1. The maximum Gasteiger partial charge on any atom is 0.310 e. The van der Waals surface area contributed by atoms with E-state index in [0.717, 1.165) is 25.7 Å². The minimum absolute atomic E-state index is 0.247. The Kier molecular flexibility index (Phi) is 4.16. The molecule has 0 spiro atoms. The number of carbonyl (C=O) groups excluding carboxylic acids is 1. The lowest BCUT2D eigenvalue weighted by Crippen LogP contribution is -2.40. The summed E-state index contributed by atoms with van der Waals surface area (Å²) in [5.41, 5.74) is 1.93. The van der Waals surface area contributed by atoms with Gasteiger partial charge in [0.15, 0.2) is 0 Å². The van der Waals surface area contributed by atoms with Crippen LogP contribution in [0, 0.1) is 11.8 Å². The lowest BCUT2D eigenvalue weighted by atomic mass is 9.78. The summed E-state index contributed by atoms with van der Waals surface area (Å²) < 4.78 is 5.63. The third kappa shape index (κ3) is 2.73. The molecule has 1 aromatic carbocycles. The summed E-state index contributed by atoms with van der Waals surface area (Å²) in [4.78, 5) is 23.9. The molecule has 2 fully saturated rings. The molecule has 1 amide bonds. The highest BCUT2D eigenvalue weighted by molar-refractivity contribution is 5.96.